The Morgan fingerprint density at radius 2 is 1.52 bits per heavy atom. The first-order chi connectivity index (χ1) is 25.1. The number of esters is 6. The molecule has 4 aliphatic carbocycles. The van der Waals surface area contributed by atoms with Gasteiger partial charge >= 0.3 is 35.8 Å². The molecule has 7 aliphatic rings. The molecule has 15 atom stereocenters. The van der Waals surface area contributed by atoms with Gasteiger partial charge in [-0.2, -0.15) is 0 Å². The lowest BCUT2D eigenvalue weighted by Crippen LogP contribution is -2.98. The summed E-state index contributed by atoms with van der Waals surface area (Å²) in [7, 11) is 0. The Morgan fingerprint density at radius 3 is 2.09 bits per heavy atom. The molecule has 294 valence electrons. The molecule has 0 amide bonds. The van der Waals surface area contributed by atoms with Crippen LogP contribution in [0.1, 0.15) is 86.3 Å². The quantitative estimate of drug-likeness (QED) is 0.295. The van der Waals surface area contributed by atoms with Crippen molar-refractivity contribution in [2.45, 2.75) is 133 Å². The fourth-order valence-electron chi connectivity index (χ4n) is 13.1. The van der Waals surface area contributed by atoms with Gasteiger partial charge in [0.2, 0.25) is 5.60 Å². The van der Waals surface area contributed by atoms with Crippen LogP contribution in [0.3, 0.4) is 0 Å². The van der Waals surface area contributed by atoms with Crippen LogP contribution in [0.15, 0.2) is 23.0 Å². The van der Waals surface area contributed by atoms with Gasteiger partial charge in [0.25, 0.3) is 0 Å². The Balaban J connectivity index is 1.54. The minimum atomic E-state index is -2.71. The van der Waals surface area contributed by atoms with Crippen LogP contribution < -0.4 is 0 Å². The summed E-state index contributed by atoms with van der Waals surface area (Å²) >= 11 is 0. The van der Waals surface area contributed by atoms with Gasteiger partial charge in [-0.1, -0.05) is 13.8 Å². The topological polar surface area (TPSA) is 230 Å². The molecule has 4 bridgehead atoms. The molecule has 2 N–H and O–H groups in total. The number of hydrogen-bond acceptors (Lipinski definition) is 17. The lowest BCUT2D eigenvalue weighted by atomic mass is 9.32. The molecule has 7 fully saturated rings. The van der Waals surface area contributed by atoms with Crippen LogP contribution in [0.4, 0.5) is 0 Å². The largest absolute Gasteiger partial charge is 0.472 e. The zero-order chi connectivity index (χ0) is 39.4. The molecule has 1 aromatic rings. The normalized spacial score (nSPS) is 49.2. The smallest absolute Gasteiger partial charge is 0.306 e. The van der Waals surface area contributed by atoms with Crippen molar-refractivity contribution in [2.24, 2.45) is 28.1 Å². The summed E-state index contributed by atoms with van der Waals surface area (Å²) in [4.78, 5) is 79.4. The minimum absolute atomic E-state index is 0.0902. The average Bonchev–Trinajstić information content (AvgIpc) is 3.84. The molecule has 0 aromatic carbocycles. The molecule has 54 heavy (non-hydrogen) atoms. The zero-order valence-electron chi connectivity index (χ0n) is 31.1. The molecule has 3 aliphatic heterocycles. The second-order valence-corrected chi connectivity index (χ2v) is 16.8. The molecular weight excluding hydrogens is 716 g/mol. The number of carbonyl (C=O) groups excluding carboxylic acids is 6. The van der Waals surface area contributed by atoms with Crippen molar-refractivity contribution in [1.29, 1.82) is 0 Å². The molecule has 17 heteroatoms. The van der Waals surface area contributed by atoms with Crippen molar-refractivity contribution in [1.82, 2.24) is 0 Å². The molecule has 4 heterocycles. The summed E-state index contributed by atoms with van der Waals surface area (Å²) in [5, 5.41) is 28.1. The van der Waals surface area contributed by atoms with E-state index in [0.717, 1.165) is 27.7 Å². The fourth-order valence-corrected chi connectivity index (χ4v) is 13.1. The van der Waals surface area contributed by atoms with Gasteiger partial charge < -0.3 is 52.5 Å². The van der Waals surface area contributed by atoms with Crippen molar-refractivity contribution in [3.05, 3.63) is 24.2 Å². The van der Waals surface area contributed by atoms with Crippen molar-refractivity contribution in [3.63, 3.8) is 0 Å². The lowest BCUT2D eigenvalue weighted by molar-refractivity contribution is -0.449. The number of furan rings is 1. The second-order valence-electron chi connectivity index (χ2n) is 16.8. The van der Waals surface area contributed by atoms with E-state index in [-0.39, 0.29) is 12.8 Å². The zero-order valence-corrected chi connectivity index (χ0v) is 31.1. The van der Waals surface area contributed by atoms with E-state index in [1.165, 1.54) is 25.5 Å². The van der Waals surface area contributed by atoms with E-state index in [0.29, 0.717) is 5.56 Å². The Labute approximate surface area is 309 Å². The minimum Gasteiger partial charge on any atom is -0.472 e. The highest BCUT2D eigenvalue weighted by molar-refractivity contribution is 5.75. The van der Waals surface area contributed by atoms with Gasteiger partial charge in [-0.15, -0.1) is 0 Å². The average molecular weight is 761 g/mol. The third-order valence-corrected chi connectivity index (χ3v) is 14.1. The molecule has 4 saturated carbocycles. The predicted octanol–water partition coefficient (Wildman–Crippen LogP) is 1.34. The van der Waals surface area contributed by atoms with Crippen LogP contribution >= 0.6 is 0 Å². The Hall–Kier alpha value is -4.06. The van der Waals surface area contributed by atoms with Gasteiger partial charge in [0, 0.05) is 64.4 Å². The number of aliphatic hydroxyl groups is 2. The number of fused-ring (bicyclic) bond motifs is 4. The van der Waals surface area contributed by atoms with Crippen molar-refractivity contribution in [2.75, 3.05) is 6.61 Å². The van der Waals surface area contributed by atoms with Crippen molar-refractivity contribution in [3.8, 4) is 0 Å². The van der Waals surface area contributed by atoms with E-state index in [4.69, 9.17) is 42.3 Å². The molecular formula is C37H44O17. The predicted molar refractivity (Wildman–Crippen MR) is 172 cm³/mol. The highest BCUT2D eigenvalue weighted by Crippen LogP contribution is 2.88. The van der Waals surface area contributed by atoms with E-state index < -0.39 is 136 Å². The Kier molecular flexibility index (Phi) is 7.39. The standard InChI is InChI=1S/C37H44O17/c1-16(38)48-25(21-9-10-46-13-21)32(8)23-12-31(7)53-29-35(23,54-31)37(45,27(50-18(3)40)26(32)49-17(2)39)33-15-47-24(43)11-22(33)30(6)14-34(33,44)36(29,52-20(5)42)28(30)51-19(4)41/h9-10,13,22-23,25-29,44-45H,11-12,14-15H2,1-8H3/t22-,23+,25+,26-,27+,28-,29-,30-,31-,32+,33+,34+,35?,36-,37-/m0/s1. The molecule has 1 aromatic heterocycles. The van der Waals surface area contributed by atoms with Crippen molar-refractivity contribution >= 4 is 35.8 Å². The first kappa shape index (κ1) is 36.9. The van der Waals surface area contributed by atoms with Gasteiger partial charge in [-0.25, -0.2) is 0 Å². The summed E-state index contributed by atoms with van der Waals surface area (Å²) in [5.41, 5.74) is -14.8. The molecule has 3 saturated heterocycles. The van der Waals surface area contributed by atoms with Gasteiger partial charge in [-0.3, -0.25) is 28.8 Å². The van der Waals surface area contributed by atoms with E-state index in [1.54, 1.807) is 20.8 Å². The Bertz CT molecular complexity index is 1880. The highest BCUT2D eigenvalue weighted by atomic mass is 16.8. The second kappa shape index (κ2) is 10.8. The number of carbonyl (C=O) groups is 6. The van der Waals surface area contributed by atoms with Gasteiger partial charge in [0.05, 0.1) is 23.4 Å². The first-order valence-electron chi connectivity index (χ1n) is 17.9. The monoisotopic (exact) mass is 760 g/mol. The van der Waals surface area contributed by atoms with Crippen LogP contribution in [0.25, 0.3) is 0 Å². The van der Waals surface area contributed by atoms with Crippen LogP contribution in [-0.4, -0.2) is 105 Å². The lowest BCUT2D eigenvalue weighted by Gasteiger charge is -2.77. The molecule has 8 rings (SSSR count). The number of hydrogen-bond donors (Lipinski definition) is 2. The SMILES string of the molecule is CC(=O)O[C@H](c1ccoc1)[C@]1(C)[C@@H](OC(C)=O)[C@@H](OC(C)=O)[C@@]2(O)C34O[C@@](C)(C[C@@H]31)O[C@@H]4[C@@]1(OC(C)=O)[C@@H](OC(C)=O)[C@@]3(C)C[C@@]1(O)[C@]21COC(=O)C[C@@H]31. The molecule has 0 radical (unpaired) electrons. The first-order valence-corrected chi connectivity index (χ1v) is 17.9. The maximum atomic E-state index is 14.4. The maximum Gasteiger partial charge on any atom is 0.306 e. The molecule has 2 spiro atoms. The summed E-state index contributed by atoms with van der Waals surface area (Å²) in [5.74, 6) is -8.90. The van der Waals surface area contributed by atoms with E-state index in [1.807, 2.05) is 0 Å². The summed E-state index contributed by atoms with van der Waals surface area (Å²) in [6.45, 7) is 9.76. The van der Waals surface area contributed by atoms with E-state index in [9.17, 15) is 39.0 Å². The van der Waals surface area contributed by atoms with Crippen LogP contribution in [0.2, 0.25) is 0 Å². The number of rotatable bonds is 7. The summed E-state index contributed by atoms with van der Waals surface area (Å²) < 4.78 is 55.8. The van der Waals surface area contributed by atoms with Gasteiger partial charge in [0.15, 0.2) is 24.1 Å². The number of ether oxygens (including phenoxy) is 8. The third-order valence-electron chi connectivity index (χ3n) is 14.1. The van der Waals surface area contributed by atoms with E-state index in [2.05, 4.69) is 0 Å². The molecule has 1 unspecified atom stereocenters. The van der Waals surface area contributed by atoms with Crippen LogP contribution in [-0.2, 0) is 66.7 Å². The Morgan fingerprint density at radius 1 is 0.870 bits per heavy atom. The van der Waals surface area contributed by atoms with Crippen LogP contribution in [0, 0.1) is 28.1 Å². The van der Waals surface area contributed by atoms with Gasteiger partial charge in [0.1, 0.15) is 35.6 Å². The number of cyclic esters (lactones) is 1. The molecule has 17 nitrogen and oxygen atoms in total. The van der Waals surface area contributed by atoms with Crippen molar-refractivity contribution < 1.29 is 81.3 Å². The maximum absolute atomic E-state index is 14.4. The third kappa shape index (κ3) is 3.84. The fraction of sp³-hybridized carbons (Fsp3) is 0.730. The van der Waals surface area contributed by atoms with E-state index >= 15 is 0 Å². The highest BCUT2D eigenvalue weighted by Gasteiger charge is 3.05. The van der Waals surface area contributed by atoms with Crippen LogP contribution in [0.5, 0.6) is 0 Å². The summed E-state index contributed by atoms with van der Waals surface area (Å²) in [6, 6.07) is 1.53. The van der Waals surface area contributed by atoms with Gasteiger partial charge in [-0.05, 0) is 25.3 Å². The summed E-state index contributed by atoms with van der Waals surface area (Å²) in [6.07, 6.45) is -6.35.